The lowest BCUT2D eigenvalue weighted by Gasteiger charge is -2.04. The van der Waals surface area contributed by atoms with E-state index in [1.807, 2.05) is 43.3 Å². The zero-order valence-electron chi connectivity index (χ0n) is 18.0. The highest BCUT2D eigenvalue weighted by Gasteiger charge is 2.16. The molecule has 9 heteroatoms. The number of amides is 1. The molecule has 0 saturated carbocycles. The van der Waals surface area contributed by atoms with Crippen LogP contribution in [0.4, 0.5) is 5.13 Å². The number of rotatable bonds is 7. The van der Waals surface area contributed by atoms with Crippen molar-refractivity contribution in [2.24, 2.45) is 0 Å². The minimum absolute atomic E-state index is 0.110. The number of carbonyl (C=O) groups is 1. The van der Waals surface area contributed by atoms with E-state index in [4.69, 9.17) is 9.47 Å². The molecule has 33 heavy (non-hydrogen) atoms. The lowest BCUT2D eigenvalue weighted by molar-refractivity contribution is -0.116. The number of H-pyrrole nitrogens is 1. The third kappa shape index (κ3) is 4.73. The Morgan fingerprint density at radius 1 is 1.15 bits per heavy atom. The Morgan fingerprint density at radius 2 is 2.00 bits per heavy atom. The van der Waals surface area contributed by atoms with Gasteiger partial charge in [0.2, 0.25) is 12.7 Å². The molecular weight excluding hydrogens is 440 g/mol. The molecule has 5 rings (SSSR count). The molecule has 0 aliphatic carbocycles. The number of aromatic nitrogens is 3. The molecule has 0 bridgehead atoms. The average Bonchev–Trinajstić information content (AvgIpc) is 3.39. The van der Waals surface area contributed by atoms with Crippen LogP contribution in [0.2, 0.25) is 0 Å². The minimum atomic E-state index is -0.159. The lowest BCUT2D eigenvalue weighted by atomic mass is 10.1. The van der Waals surface area contributed by atoms with Crippen LogP contribution in [0, 0.1) is 6.92 Å². The Morgan fingerprint density at radius 3 is 2.91 bits per heavy atom. The number of anilines is 1. The van der Waals surface area contributed by atoms with Crippen LogP contribution in [0.5, 0.6) is 11.5 Å². The first-order valence-electron chi connectivity index (χ1n) is 10.7. The van der Waals surface area contributed by atoms with Crippen molar-refractivity contribution in [1.82, 2.24) is 15.0 Å². The van der Waals surface area contributed by atoms with E-state index in [0.29, 0.717) is 47.5 Å². The van der Waals surface area contributed by atoms with E-state index in [1.165, 1.54) is 11.3 Å². The number of thiazole rings is 1. The normalized spacial score (nSPS) is 12.3. The Labute approximate surface area is 193 Å². The summed E-state index contributed by atoms with van der Waals surface area (Å²) >= 11 is 1.47. The molecule has 0 radical (unpaired) electrons. The van der Waals surface area contributed by atoms with E-state index in [9.17, 15) is 9.59 Å². The second-order valence-electron chi connectivity index (χ2n) is 7.82. The lowest BCUT2D eigenvalue weighted by Crippen LogP contribution is -2.14. The maximum absolute atomic E-state index is 12.4. The predicted octanol–water partition coefficient (Wildman–Crippen LogP) is 3.97. The topological polar surface area (TPSA) is 106 Å². The van der Waals surface area contributed by atoms with Crippen LogP contribution in [0.3, 0.4) is 0 Å². The molecule has 0 saturated heterocycles. The molecule has 1 amide bonds. The van der Waals surface area contributed by atoms with E-state index in [1.54, 1.807) is 6.07 Å². The van der Waals surface area contributed by atoms with Gasteiger partial charge in [-0.15, -0.1) is 11.3 Å². The molecule has 0 fully saturated rings. The first kappa shape index (κ1) is 21.1. The number of hydrogen-bond acceptors (Lipinski definition) is 7. The van der Waals surface area contributed by atoms with Crippen LogP contribution in [-0.4, -0.2) is 27.7 Å². The van der Waals surface area contributed by atoms with Gasteiger partial charge in [0.25, 0.3) is 5.56 Å². The second-order valence-corrected chi connectivity index (χ2v) is 8.91. The summed E-state index contributed by atoms with van der Waals surface area (Å²) in [6, 6.07) is 13.1. The van der Waals surface area contributed by atoms with Gasteiger partial charge in [0.05, 0.1) is 16.6 Å². The van der Waals surface area contributed by atoms with Gasteiger partial charge >= 0.3 is 0 Å². The van der Waals surface area contributed by atoms with Crippen molar-refractivity contribution < 1.29 is 14.3 Å². The first-order chi connectivity index (χ1) is 16.0. The summed E-state index contributed by atoms with van der Waals surface area (Å²) in [4.78, 5) is 37.4. The van der Waals surface area contributed by atoms with Crippen molar-refractivity contribution >= 4 is 33.3 Å². The second kappa shape index (κ2) is 9.03. The number of aromatic amines is 1. The van der Waals surface area contributed by atoms with Crippen molar-refractivity contribution in [2.45, 2.75) is 32.6 Å². The Balaban J connectivity index is 1.16. The molecule has 0 spiro atoms. The molecule has 168 valence electrons. The summed E-state index contributed by atoms with van der Waals surface area (Å²) in [5, 5.41) is 4.04. The molecule has 8 nitrogen and oxygen atoms in total. The number of ether oxygens (including phenoxy) is 2. The number of hydrogen-bond donors (Lipinski definition) is 2. The van der Waals surface area contributed by atoms with Crippen molar-refractivity contribution in [3.63, 3.8) is 0 Å². The first-order valence-corrected chi connectivity index (χ1v) is 11.5. The van der Waals surface area contributed by atoms with Crippen LogP contribution in [0.1, 0.15) is 34.8 Å². The summed E-state index contributed by atoms with van der Waals surface area (Å²) in [5.74, 6) is 1.99. The minimum Gasteiger partial charge on any atom is -0.454 e. The van der Waals surface area contributed by atoms with Crippen molar-refractivity contribution in [3.8, 4) is 11.5 Å². The van der Waals surface area contributed by atoms with Crippen molar-refractivity contribution in [1.29, 1.82) is 0 Å². The predicted molar refractivity (Wildman–Crippen MR) is 126 cm³/mol. The highest BCUT2D eigenvalue weighted by atomic mass is 32.1. The van der Waals surface area contributed by atoms with Crippen LogP contribution in [0.15, 0.2) is 47.3 Å². The number of nitrogens with zero attached hydrogens (tertiary/aromatic N) is 2. The van der Waals surface area contributed by atoms with Crippen LogP contribution < -0.4 is 20.3 Å². The van der Waals surface area contributed by atoms with Crippen molar-refractivity contribution in [2.75, 3.05) is 12.1 Å². The Kier molecular flexibility index (Phi) is 5.78. The molecule has 3 heterocycles. The van der Waals surface area contributed by atoms with E-state index in [2.05, 4.69) is 20.3 Å². The summed E-state index contributed by atoms with van der Waals surface area (Å²) in [6.07, 6.45) is 2.10. The summed E-state index contributed by atoms with van der Waals surface area (Å²) in [5.41, 5.74) is 2.49. The standard InChI is InChI=1S/C24H22N4O4S/c1-14-20(12-15-9-10-18-19(11-15)32-13-31-18)33-24(25-14)28-22(29)8-4-7-21-26-17-6-3-2-5-16(17)23(30)27-21/h2-3,5-6,9-11H,4,7-8,12-13H2,1H3,(H,25,28,29)(H,26,27,30). The van der Waals surface area contributed by atoms with Crippen LogP contribution in [-0.2, 0) is 17.6 Å². The quantitative estimate of drug-likeness (QED) is 0.431. The fourth-order valence-electron chi connectivity index (χ4n) is 3.73. The van der Waals surface area contributed by atoms with Gasteiger partial charge in [-0.25, -0.2) is 9.97 Å². The number of nitrogens with one attached hydrogen (secondary N) is 2. The fraction of sp³-hybridized carbons (Fsp3) is 0.250. The zero-order valence-corrected chi connectivity index (χ0v) is 18.8. The number of para-hydroxylation sites is 1. The maximum Gasteiger partial charge on any atom is 0.258 e. The van der Waals surface area contributed by atoms with Gasteiger partial charge in [-0.1, -0.05) is 18.2 Å². The highest BCUT2D eigenvalue weighted by Crippen LogP contribution is 2.34. The van der Waals surface area contributed by atoms with Gasteiger partial charge in [0.1, 0.15) is 5.82 Å². The molecular formula is C24H22N4O4S. The monoisotopic (exact) mass is 462 g/mol. The van der Waals surface area contributed by atoms with Gasteiger partial charge in [0.15, 0.2) is 16.6 Å². The SMILES string of the molecule is Cc1nc(NC(=O)CCCc2nc3ccccc3c(=O)[nH]2)sc1Cc1ccc2c(c1)OCO2. The molecule has 4 aromatic rings. The number of fused-ring (bicyclic) bond motifs is 2. The van der Waals surface area contributed by atoms with Gasteiger partial charge in [-0.2, -0.15) is 0 Å². The average molecular weight is 463 g/mol. The Hall–Kier alpha value is -3.72. The smallest absolute Gasteiger partial charge is 0.258 e. The summed E-state index contributed by atoms with van der Waals surface area (Å²) in [6.45, 7) is 2.19. The molecule has 0 atom stereocenters. The van der Waals surface area contributed by atoms with Crippen LogP contribution in [0.25, 0.3) is 10.9 Å². The summed E-state index contributed by atoms with van der Waals surface area (Å²) < 4.78 is 10.8. The van der Waals surface area contributed by atoms with Crippen molar-refractivity contribution in [3.05, 3.63) is 74.8 Å². The Bertz CT molecular complexity index is 1390. The van der Waals surface area contributed by atoms with E-state index in [-0.39, 0.29) is 18.3 Å². The molecule has 2 N–H and O–H groups in total. The molecule has 1 aliphatic heterocycles. The van der Waals surface area contributed by atoms with Gasteiger partial charge < -0.3 is 19.8 Å². The third-order valence-corrected chi connectivity index (χ3v) is 6.49. The van der Waals surface area contributed by atoms with Crippen LogP contribution >= 0.6 is 11.3 Å². The highest BCUT2D eigenvalue weighted by molar-refractivity contribution is 7.15. The van der Waals surface area contributed by atoms with E-state index < -0.39 is 0 Å². The molecule has 2 aromatic heterocycles. The number of benzene rings is 2. The molecule has 2 aromatic carbocycles. The van der Waals surface area contributed by atoms with Gasteiger partial charge in [0, 0.05) is 24.1 Å². The molecule has 1 aliphatic rings. The maximum atomic E-state index is 12.4. The fourth-order valence-corrected chi connectivity index (χ4v) is 4.75. The molecule has 0 unspecified atom stereocenters. The van der Waals surface area contributed by atoms with E-state index >= 15 is 0 Å². The summed E-state index contributed by atoms with van der Waals surface area (Å²) in [7, 11) is 0. The third-order valence-electron chi connectivity index (χ3n) is 5.42. The van der Waals surface area contributed by atoms with Gasteiger partial charge in [-0.3, -0.25) is 9.59 Å². The number of carbonyl (C=O) groups excluding carboxylic acids is 1. The number of aryl methyl sites for hydroxylation is 2. The van der Waals surface area contributed by atoms with Gasteiger partial charge in [-0.05, 0) is 43.2 Å². The zero-order chi connectivity index (χ0) is 22.8. The largest absolute Gasteiger partial charge is 0.454 e. The van der Waals surface area contributed by atoms with E-state index in [0.717, 1.165) is 27.6 Å².